The van der Waals surface area contributed by atoms with Gasteiger partial charge in [0.25, 0.3) is 5.91 Å². The molecule has 5 nitrogen and oxygen atoms in total. The summed E-state index contributed by atoms with van der Waals surface area (Å²) in [6.07, 6.45) is 3.56. The van der Waals surface area contributed by atoms with Gasteiger partial charge in [0.05, 0.1) is 10.6 Å². The lowest BCUT2D eigenvalue weighted by Crippen LogP contribution is -2.39. The van der Waals surface area contributed by atoms with Crippen molar-refractivity contribution in [2.45, 2.75) is 24.2 Å². The molecule has 2 aromatic rings. The van der Waals surface area contributed by atoms with E-state index in [0.717, 1.165) is 55.8 Å². The number of hydrogen-bond acceptors (Lipinski definition) is 4. The standard InChI is InChI=1S/C20H17F3N2O3S/c21-13-4-7-18-17(10-13)25(14-5-6-15(22)16(23)11-14)12-19(29(18,27)28)20(26)24-8-2-1-3-9-24/h4-7,10-12H,1-3,8-9H2. The molecular weight excluding hydrogens is 405 g/mol. The van der Waals surface area contributed by atoms with Crippen LogP contribution in [0.25, 0.3) is 0 Å². The molecule has 9 heteroatoms. The van der Waals surface area contributed by atoms with E-state index in [1.54, 1.807) is 0 Å². The van der Waals surface area contributed by atoms with Gasteiger partial charge in [-0.05, 0) is 49.6 Å². The maximum atomic E-state index is 13.9. The molecule has 2 aliphatic heterocycles. The van der Waals surface area contributed by atoms with Gasteiger partial charge in [-0.15, -0.1) is 0 Å². The van der Waals surface area contributed by atoms with Crippen LogP contribution in [0.5, 0.6) is 0 Å². The van der Waals surface area contributed by atoms with E-state index in [-0.39, 0.29) is 16.3 Å². The van der Waals surface area contributed by atoms with Crippen molar-refractivity contribution in [2.24, 2.45) is 0 Å². The highest BCUT2D eigenvalue weighted by Gasteiger charge is 2.38. The van der Waals surface area contributed by atoms with Crippen molar-refractivity contribution in [1.29, 1.82) is 0 Å². The van der Waals surface area contributed by atoms with Crippen LogP contribution in [-0.2, 0) is 14.6 Å². The number of anilines is 2. The molecule has 0 aromatic heterocycles. The normalized spacial score (nSPS) is 18.2. The van der Waals surface area contributed by atoms with Crippen LogP contribution in [-0.4, -0.2) is 32.3 Å². The second-order valence-electron chi connectivity index (χ2n) is 6.93. The zero-order chi connectivity index (χ0) is 20.8. The number of fused-ring (bicyclic) bond motifs is 1. The summed E-state index contributed by atoms with van der Waals surface area (Å²) in [7, 11) is -4.21. The van der Waals surface area contributed by atoms with E-state index < -0.39 is 38.1 Å². The Hall–Kier alpha value is -2.81. The van der Waals surface area contributed by atoms with E-state index >= 15 is 0 Å². The third-order valence-corrected chi connectivity index (χ3v) is 6.82. The number of sulfone groups is 1. The average Bonchev–Trinajstić information content (AvgIpc) is 2.70. The Bertz CT molecular complexity index is 1130. The molecule has 1 saturated heterocycles. The summed E-state index contributed by atoms with van der Waals surface area (Å²) in [6.45, 7) is 0.875. The highest BCUT2D eigenvalue weighted by Crippen LogP contribution is 2.40. The molecule has 2 aromatic carbocycles. The van der Waals surface area contributed by atoms with Gasteiger partial charge in [-0.3, -0.25) is 4.79 Å². The van der Waals surface area contributed by atoms with Crippen molar-refractivity contribution in [3.8, 4) is 0 Å². The minimum absolute atomic E-state index is 0.0644. The third-order valence-electron chi connectivity index (χ3n) is 5.04. The molecule has 0 N–H and O–H groups in total. The number of piperidine rings is 1. The van der Waals surface area contributed by atoms with Gasteiger partial charge in [0, 0.05) is 31.0 Å². The summed E-state index contributed by atoms with van der Waals surface area (Å²) in [5, 5.41) is 0. The first kappa shape index (κ1) is 19.5. The van der Waals surface area contributed by atoms with Gasteiger partial charge in [-0.2, -0.15) is 0 Å². The molecule has 0 atom stereocenters. The average molecular weight is 422 g/mol. The number of halogens is 3. The van der Waals surface area contributed by atoms with Crippen LogP contribution >= 0.6 is 0 Å². The smallest absolute Gasteiger partial charge is 0.267 e. The van der Waals surface area contributed by atoms with Gasteiger partial charge >= 0.3 is 0 Å². The van der Waals surface area contributed by atoms with Crippen LogP contribution in [0.15, 0.2) is 52.4 Å². The van der Waals surface area contributed by atoms with Gasteiger partial charge < -0.3 is 9.80 Å². The fraction of sp³-hybridized carbons (Fsp3) is 0.250. The molecular formula is C20H17F3N2O3S. The van der Waals surface area contributed by atoms with Crippen molar-refractivity contribution >= 4 is 27.1 Å². The Balaban J connectivity index is 1.89. The van der Waals surface area contributed by atoms with Crippen molar-refractivity contribution in [3.63, 3.8) is 0 Å². The number of hydrogen-bond donors (Lipinski definition) is 0. The van der Waals surface area contributed by atoms with Crippen LogP contribution in [0.1, 0.15) is 19.3 Å². The van der Waals surface area contributed by atoms with Crippen LogP contribution < -0.4 is 4.90 Å². The lowest BCUT2D eigenvalue weighted by molar-refractivity contribution is -0.127. The Morgan fingerprint density at radius 3 is 2.31 bits per heavy atom. The molecule has 2 heterocycles. The molecule has 0 saturated carbocycles. The number of benzene rings is 2. The van der Waals surface area contributed by atoms with E-state index in [1.807, 2.05) is 0 Å². The molecule has 152 valence electrons. The Labute approximate surface area is 166 Å². The summed E-state index contributed by atoms with van der Waals surface area (Å²) < 4.78 is 67.2. The Kier molecular flexibility index (Phi) is 4.85. The fourth-order valence-electron chi connectivity index (χ4n) is 3.55. The monoisotopic (exact) mass is 422 g/mol. The van der Waals surface area contributed by atoms with Gasteiger partial charge in [0.1, 0.15) is 5.82 Å². The summed E-state index contributed by atoms with van der Waals surface area (Å²) in [5.74, 6) is -3.59. The molecule has 1 fully saturated rings. The Morgan fingerprint density at radius 2 is 1.62 bits per heavy atom. The van der Waals surface area contributed by atoms with Crippen molar-refractivity contribution in [1.82, 2.24) is 4.90 Å². The first-order valence-electron chi connectivity index (χ1n) is 9.09. The number of amides is 1. The maximum absolute atomic E-state index is 13.9. The van der Waals surface area contributed by atoms with E-state index in [0.29, 0.717) is 13.1 Å². The number of rotatable bonds is 2. The largest absolute Gasteiger partial charge is 0.338 e. The van der Waals surface area contributed by atoms with Crippen LogP contribution in [0.4, 0.5) is 24.5 Å². The number of nitrogens with zero attached hydrogens (tertiary/aromatic N) is 2. The van der Waals surface area contributed by atoms with Crippen molar-refractivity contribution in [3.05, 3.63) is 65.0 Å². The molecule has 29 heavy (non-hydrogen) atoms. The molecule has 2 aliphatic rings. The molecule has 4 rings (SSSR count). The molecule has 1 amide bonds. The predicted octanol–water partition coefficient (Wildman–Crippen LogP) is 3.88. The SMILES string of the molecule is O=C(C1=CN(c2ccc(F)c(F)c2)c2cc(F)ccc2S1(=O)=O)N1CCCCC1. The fourth-order valence-corrected chi connectivity index (χ4v) is 5.07. The summed E-state index contributed by atoms with van der Waals surface area (Å²) in [5.41, 5.74) is -0.0132. The van der Waals surface area contributed by atoms with E-state index in [2.05, 4.69) is 0 Å². The first-order valence-corrected chi connectivity index (χ1v) is 10.6. The van der Waals surface area contributed by atoms with E-state index in [9.17, 15) is 26.4 Å². The topological polar surface area (TPSA) is 57.7 Å². The summed E-state index contributed by atoms with van der Waals surface area (Å²) in [6, 6.07) is 6.00. The molecule has 0 aliphatic carbocycles. The quantitative estimate of drug-likeness (QED) is 0.690. The highest BCUT2D eigenvalue weighted by molar-refractivity contribution is 7.96. The predicted molar refractivity (Wildman–Crippen MR) is 101 cm³/mol. The zero-order valence-corrected chi connectivity index (χ0v) is 16.1. The van der Waals surface area contributed by atoms with Crippen molar-refractivity contribution < 1.29 is 26.4 Å². The highest BCUT2D eigenvalue weighted by atomic mass is 32.2. The molecule has 0 radical (unpaired) electrons. The number of likely N-dealkylation sites (tertiary alicyclic amines) is 1. The van der Waals surface area contributed by atoms with Gasteiger partial charge in [-0.1, -0.05) is 0 Å². The first-order chi connectivity index (χ1) is 13.8. The van der Waals surface area contributed by atoms with E-state index in [1.165, 1.54) is 15.9 Å². The molecule has 0 bridgehead atoms. The van der Waals surface area contributed by atoms with Gasteiger partial charge in [-0.25, -0.2) is 21.6 Å². The lowest BCUT2D eigenvalue weighted by Gasteiger charge is -2.32. The van der Waals surface area contributed by atoms with Gasteiger partial charge in [0.2, 0.25) is 9.84 Å². The van der Waals surface area contributed by atoms with Gasteiger partial charge in [0.15, 0.2) is 16.5 Å². The van der Waals surface area contributed by atoms with Crippen molar-refractivity contribution in [2.75, 3.05) is 18.0 Å². The molecule has 0 spiro atoms. The van der Waals surface area contributed by atoms with Crippen LogP contribution in [0.3, 0.4) is 0 Å². The molecule has 0 unspecified atom stereocenters. The zero-order valence-electron chi connectivity index (χ0n) is 15.2. The lowest BCUT2D eigenvalue weighted by atomic mass is 10.1. The third kappa shape index (κ3) is 3.39. The second kappa shape index (κ2) is 7.22. The maximum Gasteiger partial charge on any atom is 0.267 e. The number of carbonyl (C=O) groups excluding carboxylic acids is 1. The van der Waals surface area contributed by atoms with E-state index in [4.69, 9.17) is 0 Å². The second-order valence-corrected chi connectivity index (χ2v) is 8.82. The van der Waals surface area contributed by atoms with Crippen LogP contribution in [0, 0.1) is 17.5 Å². The Morgan fingerprint density at radius 1 is 0.897 bits per heavy atom. The summed E-state index contributed by atoms with van der Waals surface area (Å²) in [4.78, 5) is 14.9. The minimum atomic E-state index is -4.21. The number of carbonyl (C=O) groups is 1. The van der Waals surface area contributed by atoms with Crippen LogP contribution in [0.2, 0.25) is 0 Å². The minimum Gasteiger partial charge on any atom is -0.338 e. The summed E-state index contributed by atoms with van der Waals surface area (Å²) >= 11 is 0.